The number of hydrogen-bond acceptors (Lipinski definition) is 5. The summed E-state index contributed by atoms with van der Waals surface area (Å²) in [5, 5.41) is 20.5. The van der Waals surface area contributed by atoms with Crippen LogP contribution < -0.4 is 0 Å². The predicted octanol–water partition coefficient (Wildman–Crippen LogP) is 2.97. The van der Waals surface area contributed by atoms with Gasteiger partial charge in [0.15, 0.2) is 6.33 Å². The first-order valence-electron chi connectivity index (χ1n) is 7.59. The van der Waals surface area contributed by atoms with Gasteiger partial charge in [0.05, 0.1) is 11.3 Å². The van der Waals surface area contributed by atoms with Gasteiger partial charge in [0, 0.05) is 6.20 Å². The Hall–Kier alpha value is -2.95. The molecule has 0 bridgehead atoms. The van der Waals surface area contributed by atoms with E-state index in [4.69, 9.17) is 0 Å². The van der Waals surface area contributed by atoms with Crippen molar-refractivity contribution in [2.45, 2.75) is 24.7 Å². The average Bonchev–Trinajstić information content (AvgIpc) is 3.15. The van der Waals surface area contributed by atoms with Crippen molar-refractivity contribution in [1.82, 2.24) is 25.2 Å². The quantitative estimate of drug-likeness (QED) is 0.684. The van der Waals surface area contributed by atoms with E-state index in [1.165, 1.54) is 30.5 Å². The Balaban J connectivity index is 2.04. The Bertz CT molecular complexity index is 900. The van der Waals surface area contributed by atoms with Crippen LogP contribution in [-0.4, -0.2) is 42.8 Å². The number of aliphatic hydroxyl groups excluding tert-OH is 1. The number of benzene rings is 1. The summed E-state index contributed by atoms with van der Waals surface area (Å²) in [7, 11) is 0. The second-order valence-corrected chi connectivity index (χ2v) is 5.57. The number of pyridine rings is 1. The van der Waals surface area contributed by atoms with E-state index in [-0.39, 0.29) is 11.3 Å². The molecule has 0 fully saturated rings. The van der Waals surface area contributed by atoms with E-state index in [1.807, 2.05) is 0 Å². The monoisotopic (exact) mass is 385 g/mol. The van der Waals surface area contributed by atoms with Crippen LogP contribution in [0.2, 0.25) is 0 Å². The van der Waals surface area contributed by atoms with Gasteiger partial charge in [-0.3, -0.25) is 4.98 Å². The molecule has 6 nitrogen and oxygen atoms in total. The smallest absolute Gasteiger partial charge is 0.384 e. The number of aromatic nitrogens is 5. The number of aliphatic hydroxyl groups is 1. The van der Waals surface area contributed by atoms with Crippen LogP contribution in [0, 0.1) is 0 Å². The molecule has 2 atom stereocenters. The summed E-state index contributed by atoms with van der Waals surface area (Å²) in [6.07, 6.45) is -7.59. The lowest BCUT2D eigenvalue weighted by molar-refractivity contribution is -0.137. The van der Waals surface area contributed by atoms with Crippen molar-refractivity contribution in [3.8, 4) is 11.1 Å². The molecule has 0 saturated heterocycles. The minimum Gasteiger partial charge on any atom is -0.384 e. The first-order chi connectivity index (χ1) is 12.8. The Morgan fingerprint density at radius 1 is 1.04 bits per heavy atom. The average molecular weight is 385 g/mol. The predicted molar refractivity (Wildman–Crippen MR) is 82.6 cm³/mol. The first-order valence-corrected chi connectivity index (χ1v) is 7.59. The van der Waals surface area contributed by atoms with E-state index in [1.54, 1.807) is 0 Å². The van der Waals surface area contributed by atoms with Crippen LogP contribution in [-0.2, 0) is 6.18 Å². The van der Waals surface area contributed by atoms with Gasteiger partial charge in [-0.05, 0) is 40.6 Å². The summed E-state index contributed by atoms with van der Waals surface area (Å²) in [6, 6.07) is 5.82. The fraction of sp³-hybridized carbons (Fsp3) is 0.250. The number of alkyl halides is 5. The number of rotatable bonds is 5. The molecule has 1 aromatic carbocycles. The molecule has 3 rings (SSSR count). The van der Waals surface area contributed by atoms with Crippen LogP contribution in [0.1, 0.15) is 17.3 Å². The largest absolute Gasteiger partial charge is 0.416 e. The lowest BCUT2D eigenvalue weighted by Gasteiger charge is -2.21. The molecule has 27 heavy (non-hydrogen) atoms. The molecule has 0 aliphatic rings. The van der Waals surface area contributed by atoms with Crippen molar-refractivity contribution in [3.63, 3.8) is 0 Å². The topological polar surface area (TPSA) is 76.7 Å². The minimum absolute atomic E-state index is 0.0456. The van der Waals surface area contributed by atoms with Gasteiger partial charge in [0.25, 0.3) is 6.43 Å². The molecule has 0 radical (unpaired) electrons. The second-order valence-electron chi connectivity index (χ2n) is 5.57. The molecule has 2 unspecified atom stereocenters. The lowest BCUT2D eigenvalue weighted by Crippen LogP contribution is -2.33. The fourth-order valence-electron chi connectivity index (χ4n) is 2.53. The Morgan fingerprint density at radius 3 is 2.41 bits per heavy atom. The van der Waals surface area contributed by atoms with Crippen molar-refractivity contribution in [2.75, 3.05) is 0 Å². The second kappa shape index (κ2) is 7.35. The van der Waals surface area contributed by atoms with E-state index >= 15 is 0 Å². The van der Waals surface area contributed by atoms with Crippen molar-refractivity contribution in [1.29, 1.82) is 0 Å². The highest BCUT2D eigenvalue weighted by Crippen LogP contribution is 2.33. The van der Waals surface area contributed by atoms with Gasteiger partial charge in [-0.1, -0.05) is 12.1 Å². The van der Waals surface area contributed by atoms with E-state index in [2.05, 4.69) is 20.4 Å². The Morgan fingerprint density at radius 2 is 1.78 bits per heavy atom. The van der Waals surface area contributed by atoms with Crippen LogP contribution in [0.5, 0.6) is 0 Å². The minimum atomic E-state index is -4.52. The van der Waals surface area contributed by atoms with Crippen LogP contribution in [0.25, 0.3) is 11.1 Å². The highest BCUT2D eigenvalue weighted by molar-refractivity contribution is 5.64. The maximum absolute atomic E-state index is 13.1. The molecular weight excluding hydrogens is 373 g/mol. The van der Waals surface area contributed by atoms with Crippen molar-refractivity contribution >= 4 is 0 Å². The third-order valence-corrected chi connectivity index (χ3v) is 3.80. The number of halogens is 5. The summed E-state index contributed by atoms with van der Waals surface area (Å²) in [4.78, 5) is 4.72. The zero-order valence-corrected chi connectivity index (χ0v) is 13.4. The standard InChI is InChI=1S/C16H12F5N5O/c17-15(18)14(27)13(26-24-8-23-25-26)12-7-10(4-5-22-12)9-2-1-3-11(6-9)16(19,20)21/h1-8,13-15,27H. The number of tetrazole rings is 1. The lowest BCUT2D eigenvalue weighted by atomic mass is 10.00. The molecule has 3 aromatic rings. The van der Waals surface area contributed by atoms with Gasteiger partial charge in [0.1, 0.15) is 12.1 Å². The van der Waals surface area contributed by atoms with Gasteiger partial charge in [-0.15, -0.1) is 10.2 Å². The maximum atomic E-state index is 13.1. The van der Waals surface area contributed by atoms with E-state index < -0.39 is 30.3 Å². The summed E-state index contributed by atoms with van der Waals surface area (Å²) in [5.74, 6) is 0. The van der Waals surface area contributed by atoms with Crippen molar-refractivity contribution < 1.29 is 27.1 Å². The van der Waals surface area contributed by atoms with Crippen LogP contribution in [0.4, 0.5) is 22.0 Å². The molecule has 0 amide bonds. The summed E-state index contributed by atoms with van der Waals surface area (Å²) in [6.45, 7) is 0. The SMILES string of the molecule is OC(C(F)F)C(c1cc(-c2cccc(C(F)(F)F)c2)ccn1)n1ncnn1. The third-order valence-electron chi connectivity index (χ3n) is 3.80. The van der Waals surface area contributed by atoms with E-state index in [0.717, 1.165) is 23.3 Å². The number of hydrogen-bond donors (Lipinski definition) is 1. The van der Waals surface area contributed by atoms with E-state index in [9.17, 15) is 27.1 Å². The first kappa shape index (κ1) is 18.8. The zero-order valence-electron chi connectivity index (χ0n) is 13.4. The Kier molecular flexibility index (Phi) is 5.13. The molecule has 142 valence electrons. The molecule has 11 heteroatoms. The highest BCUT2D eigenvalue weighted by Gasteiger charge is 2.34. The van der Waals surface area contributed by atoms with Crippen molar-refractivity contribution in [2.24, 2.45) is 0 Å². The fourth-order valence-corrected chi connectivity index (χ4v) is 2.53. The van der Waals surface area contributed by atoms with Gasteiger partial charge < -0.3 is 5.11 Å². The molecule has 0 aliphatic heterocycles. The van der Waals surface area contributed by atoms with Gasteiger partial charge in [-0.25, -0.2) is 8.78 Å². The van der Waals surface area contributed by atoms with Gasteiger partial charge in [0.2, 0.25) is 0 Å². The summed E-state index contributed by atoms with van der Waals surface area (Å²) in [5.41, 5.74) is -0.376. The van der Waals surface area contributed by atoms with Gasteiger partial charge >= 0.3 is 6.18 Å². The molecule has 0 spiro atoms. The Labute approximate surface area is 149 Å². The summed E-state index contributed by atoms with van der Waals surface area (Å²) < 4.78 is 64.9. The highest BCUT2D eigenvalue weighted by atomic mass is 19.4. The molecule has 2 aromatic heterocycles. The number of nitrogens with zero attached hydrogens (tertiary/aromatic N) is 5. The molecule has 0 saturated carbocycles. The normalized spacial score (nSPS) is 14.3. The summed E-state index contributed by atoms with van der Waals surface area (Å²) >= 11 is 0. The van der Waals surface area contributed by atoms with Crippen LogP contribution in [0.15, 0.2) is 48.9 Å². The molecule has 1 N–H and O–H groups in total. The zero-order chi connectivity index (χ0) is 19.6. The van der Waals surface area contributed by atoms with Crippen LogP contribution >= 0.6 is 0 Å². The van der Waals surface area contributed by atoms with Crippen LogP contribution in [0.3, 0.4) is 0 Å². The van der Waals surface area contributed by atoms with Crippen molar-refractivity contribution in [3.05, 3.63) is 60.2 Å². The molecular formula is C16H12F5N5O. The molecule has 2 heterocycles. The van der Waals surface area contributed by atoms with Gasteiger partial charge in [-0.2, -0.15) is 18.0 Å². The molecule has 0 aliphatic carbocycles. The van der Waals surface area contributed by atoms with E-state index in [0.29, 0.717) is 5.56 Å². The maximum Gasteiger partial charge on any atom is 0.416 e. The third kappa shape index (κ3) is 4.08.